The number of aryl methyl sites for hydroxylation is 1. The summed E-state index contributed by atoms with van der Waals surface area (Å²) in [6.07, 6.45) is 5.78. The first-order chi connectivity index (χ1) is 15.8. The van der Waals surface area contributed by atoms with E-state index in [1.54, 1.807) is 0 Å². The van der Waals surface area contributed by atoms with Gasteiger partial charge in [0.15, 0.2) is 0 Å². The van der Waals surface area contributed by atoms with Crippen LogP contribution in [0.3, 0.4) is 0 Å². The predicted octanol–water partition coefficient (Wildman–Crippen LogP) is 4.07. The lowest BCUT2D eigenvalue weighted by Gasteiger charge is -2.13. The average molecular weight is 434 g/mol. The van der Waals surface area contributed by atoms with Gasteiger partial charge in [-0.25, -0.2) is 4.98 Å². The van der Waals surface area contributed by atoms with Crippen molar-refractivity contribution >= 4 is 16.9 Å². The summed E-state index contributed by atoms with van der Waals surface area (Å²) in [5.74, 6) is 1.92. The molecule has 1 saturated heterocycles. The fraction of sp³-hybridized carbons (Fsp3) is 0.385. The van der Waals surface area contributed by atoms with E-state index in [4.69, 9.17) is 14.5 Å². The fourth-order valence-electron chi connectivity index (χ4n) is 4.14. The van der Waals surface area contributed by atoms with Crippen LogP contribution in [-0.4, -0.2) is 41.3 Å². The zero-order valence-electron chi connectivity index (χ0n) is 18.5. The Morgan fingerprint density at radius 1 is 1.25 bits per heavy atom. The third kappa shape index (κ3) is 5.37. The predicted molar refractivity (Wildman–Crippen MR) is 126 cm³/mol. The Kier molecular flexibility index (Phi) is 7.56. The maximum Gasteiger partial charge on any atom is 0.249 e. The molecule has 168 valence electrons. The summed E-state index contributed by atoms with van der Waals surface area (Å²) < 4.78 is 13.8. The second-order valence-corrected chi connectivity index (χ2v) is 8.01. The van der Waals surface area contributed by atoms with Crippen LogP contribution in [0.4, 0.5) is 0 Å². The highest BCUT2D eigenvalue weighted by Crippen LogP contribution is 2.20. The van der Waals surface area contributed by atoms with Gasteiger partial charge in [-0.1, -0.05) is 36.4 Å². The van der Waals surface area contributed by atoms with Crippen LogP contribution < -0.4 is 10.1 Å². The van der Waals surface area contributed by atoms with Gasteiger partial charge in [0.1, 0.15) is 24.3 Å². The van der Waals surface area contributed by atoms with Gasteiger partial charge in [-0.2, -0.15) is 0 Å². The van der Waals surface area contributed by atoms with Crippen LogP contribution in [0.15, 0.2) is 61.2 Å². The van der Waals surface area contributed by atoms with Gasteiger partial charge in [0.25, 0.3) is 0 Å². The van der Waals surface area contributed by atoms with Crippen LogP contribution in [0.2, 0.25) is 0 Å². The molecule has 1 amide bonds. The number of nitrogens with one attached hydrogen (secondary N) is 1. The number of hydrogen-bond acceptors (Lipinski definition) is 4. The number of imidazole rings is 1. The molecule has 1 N–H and O–H groups in total. The van der Waals surface area contributed by atoms with E-state index >= 15 is 0 Å². The maximum absolute atomic E-state index is 12.1. The van der Waals surface area contributed by atoms with E-state index in [0.717, 1.165) is 60.3 Å². The van der Waals surface area contributed by atoms with E-state index in [1.807, 2.05) is 42.5 Å². The SMILES string of the molecule is C=CCc1ccccc1OCCn1c(CCCNC(=O)C2CCCO2)nc2ccccc21. The molecule has 1 aliphatic heterocycles. The van der Waals surface area contributed by atoms with Crippen LogP contribution >= 0.6 is 0 Å². The molecule has 1 aliphatic rings. The quantitative estimate of drug-likeness (QED) is 0.366. The van der Waals surface area contributed by atoms with E-state index in [1.165, 1.54) is 0 Å². The van der Waals surface area contributed by atoms with Gasteiger partial charge in [0.05, 0.1) is 17.6 Å². The first-order valence-corrected chi connectivity index (χ1v) is 11.4. The number of ether oxygens (including phenoxy) is 2. The summed E-state index contributed by atoms with van der Waals surface area (Å²) in [6, 6.07) is 16.3. The first kappa shape index (κ1) is 22.1. The third-order valence-corrected chi connectivity index (χ3v) is 5.74. The number of carbonyl (C=O) groups excluding carboxylic acids is 1. The molecule has 4 rings (SSSR count). The zero-order valence-corrected chi connectivity index (χ0v) is 18.5. The number of aromatic nitrogens is 2. The lowest BCUT2D eigenvalue weighted by Crippen LogP contribution is -2.34. The van der Waals surface area contributed by atoms with E-state index in [0.29, 0.717) is 26.3 Å². The van der Waals surface area contributed by atoms with Gasteiger partial charge in [0, 0.05) is 19.6 Å². The summed E-state index contributed by atoms with van der Waals surface area (Å²) in [5.41, 5.74) is 3.23. The second kappa shape index (κ2) is 11.0. The Bertz CT molecular complexity index is 1050. The maximum atomic E-state index is 12.1. The fourth-order valence-corrected chi connectivity index (χ4v) is 4.14. The topological polar surface area (TPSA) is 65.4 Å². The smallest absolute Gasteiger partial charge is 0.249 e. The summed E-state index contributed by atoms with van der Waals surface area (Å²) >= 11 is 0. The molecular formula is C26H31N3O3. The van der Waals surface area contributed by atoms with Crippen molar-refractivity contribution in [3.8, 4) is 5.75 Å². The van der Waals surface area contributed by atoms with Gasteiger partial charge >= 0.3 is 0 Å². The number of nitrogens with zero attached hydrogens (tertiary/aromatic N) is 2. The molecule has 3 aromatic rings. The van der Waals surface area contributed by atoms with Crippen molar-refractivity contribution in [2.75, 3.05) is 19.8 Å². The van der Waals surface area contributed by atoms with Crippen molar-refractivity contribution < 1.29 is 14.3 Å². The molecule has 0 aliphatic carbocycles. The molecule has 1 fully saturated rings. The molecule has 0 spiro atoms. The number of para-hydroxylation sites is 3. The molecule has 2 heterocycles. The highest BCUT2D eigenvalue weighted by molar-refractivity contribution is 5.80. The number of amides is 1. The Hall–Kier alpha value is -3.12. The standard InChI is InChI=1S/C26H31N3O3/c1-2-9-20-10-3-6-13-23(20)32-19-17-29-22-12-5-4-11-21(22)28-25(29)15-7-16-27-26(30)24-14-8-18-31-24/h2-6,10-13,24H,1,7-9,14-19H2,(H,27,30). The van der Waals surface area contributed by atoms with Gasteiger partial charge in [-0.15, -0.1) is 6.58 Å². The van der Waals surface area contributed by atoms with E-state index in [2.05, 4.69) is 28.6 Å². The highest BCUT2D eigenvalue weighted by atomic mass is 16.5. The van der Waals surface area contributed by atoms with Crippen LogP contribution in [0.5, 0.6) is 5.75 Å². The average Bonchev–Trinajstić information content (AvgIpc) is 3.47. The third-order valence-electron chi connectivity index (χ3n) is 5.74. The minimum Gasteiger partial charge on any atom is -0.491 e. The molecular weight excluding hydrogens is 402 g/mol. The van der Waals surface area contributed by atoms with Gasteiger partial charge in [-0.05, 0) is 49.4 Å². The minimum absolute atomic E-state index is 0.00240. The number of hydrogen-bond donors (Lipinski definition) is 1. The van der Waals surface area contributed by atoms with Gasteiger partial charge < -0.3 is 19.4 Å². The summed E-state index contributed by atoms with van der Waals surface area (Å²) in [7, 11) is 0. The molecule has 6 heteroatoms. The minimum atomic E-state index is -0.277. The van der Waals surface area contributed by atoms with Crippen molar-refractivity contribution in [2.45, 2.75) is 44.8 Å². The Morgan fingerprint density at radius 2 is 2.09 bits per heavy atom. The molecule has 1 atom stereocenters. The largest absolute Gasteiger partial charge is 0.491 e. The lowest BCUT2D eigenvalue weighted by molar-refractivity contribution is -0.130. The monoisotopic (exact) mass is 433 g/mol. The number of benzene rings is 2. The summed E-state index contributed by atoms with van der Waals surface area (Å²) in [4.78, 5) is 17.0. The summed E-state index contributed by atoms with van der Waals surface area (Å²) in [6.45, 7) is 6.39. The molecule has 6 nitrogen and oxygen atoms in total. The Labute approximate surface area is 189 Å². The molecule has 1 unspecified atom stereocenters. The first-order valence-electron chi connectivity index (χ1n) is 11.4. The van der Waals surface area contributed by atoms with Crippen LogP contribution in [-0.2, 0) is 28.9 Å². The Morgan fingerprint density at radius 3 is 2.94 bits per heavy atom. The number of fused-ring (bicyclic) bond motifs is 1. The molecule has 32 heavy (non-hydrogen) atoms. The van der Waals surface area contributed by atoms with E-state index in [-0.39, 0.29) is 12.0 Å². The number of allylic oxidation sites excluding steroid dienone is 1. The highest BCUT2D eigenvalue weighted by Gasteiger charge is 2.22. The van der Waals surface area contributed by atoms with Crippen LogP contribution in [0, 0.1) is 0 Å². The number of carbonyl (C=O) groups is 1. The van der Waals surface area contributed by atoms with Crippen molar-refractivity contribution in [2.24, 2.45) is 0 Å². The zero-order chi connectivity index (χ0) is 22.2. The van der Waals surface area contributed by atoms with Crippen LogP contribution in [0.25, 0.3) is 11.0 Å². The van der Waals surface area contributed by atoms with Crippen molar-refractivity contribution in [1.82, 2.24) is 14.9 Å². The van der Waals surface area contributed by atoms with Gasteiger partial charge in [0.2, 0.25) is 5.91 Å². The Balaban J connectivity index is 1.37. The van der Waals surface area contributed by atoms with E-state index in [9.17, 15) is 4.79 Å². The lowest BCUT2D eigenvalue weighted by atomic mass is 10.1. The normalized spacial score (nSPS) is 15.7. The molecule has 1 aromatic heterocycles. The second-order valence-electron chi connectivity index (χ2n) is 8.01. The van der Waals surface area contributed by atoms with Crippen LogP contribution in [0.1, 0.15) is 30.7 Å². The van der Waals surface area contributed by atoms with Crippen molar-refractivity contribution in [3.05, 3.63) is 72.6 Å². The molecule has 0 radical (unpaired) electrons. The number of rotatable bonds is 11. The van der Waals surface area contributed by atoms with Crippen molar-refractivity contribution in [3.63, 3.8) is 0 Å². The molecule has 0 bridgehead atoms. The van der Waals surface area contributed by atoms with Gasteiger partial charge in [-0.3, -0.25) is 4.79 Å². The van der Waals surface area contributed by atoms with E-state index < -0.39 is 0 Å². The van der Waals surface area contributed by atoms with Crippen molar-refractivity contribution in [1.29, 1.82) is 0 Å². The summed E-state index contributed by atoms with van der Waals surface area (Å²) in [5, 5.41) is 3.00. The molecule has 2 aromatic carbocycles. The molecule has 0 saturated carbocycles.